The summed E-state index contributed by atoms with van der Waals surface area (Å²) in [6.45, 7) is 2.71. The Kier molecular flexibility index (Phi) is 7.14. The Balaban J connectivity index is 1.50. The summed E-state index contributed by atoms with van der Waals surface area (Å²) in [7, 11) is 0. The number of halogens is 2. The molecule has 3 aromatic rings. The van der Waals surface area contributed by atoms with Crippen molar-refractivity contribution in [3.05, 3.63) is 102 Å². The van der Waals surface area contributed by atoms with Crippen molar-refractivity contribution < 1.29 is 14.3 Å². The fraction of sp³-hybridized carbons (Fsp3) is 0.120. The van der Waals surface area contributed by atoms with Crippen LogP contribution in [0.1, 0.15) is 22.3 Å². The molecule has 3 amide bonds. The van der Waals surface area contributed by atoms with Crippen molar-refractivity contribution >= 4 is 63.2 Å². The summed E-state index contributed by atoms with van der Waals surface area (Å²) in [5.41, 5.74) is 4.19. The van der Waals surface area contributed by atoms with Crippen LogP contribution in [-0.2, 0) is 17.9 Å². The molecule has 0 spiro atoms. The predicted molar refractivity (Wildman–Crippen MR) is 141 cm³/mol. The van der Waals surface area contributed by atoms with Gasteiger partial charge in [0.1, 0.15) is 18.1 Å². The molecule has 1 heterocycles. The molecule has 1 N–H and O–H groups in total. The molecule has 0 bridgehead atoms. The summed E-state index contributed by atoms with van der Waals surface area (Å²) in [5.74, 6) is 0.478. The van der Waals surface area contributed by atoms with E-state index >= 15 is 0 Å². The first kappa shape index (κ1) is 22.8. The first-order valence-corrected chi connectivity index (χ1v) is 12.1. The largest absolute Gasteiger partial charge is 0.487 e. The highest BCUT2D eigenvalue weighted by Crippen LogP contribution is 2.31. The van der Waals surface area contributed by atoms with E-state index in [-0.39, 0.29) is 18.1 Å². The molecule has 1 aliphatic rings. The molecule has 0 unspecified atom stereocenters. The summed E-state index contributed by atoms with van der Waals surface area (Å²) in [6, 6.07) is 21.3. The number of nitrogens with zero attached hydrogens (tertiary/aromatic N) is 1. The van der Waals surface area contributed by atoms with Crippen molar-refractivity contribution in [3.8, 4) is 5.75 Å². The van der Waals surface area contributed by atoms with Crippen LogP contribution in [0.15, 0.2) is 72.4 Å². The third kappa shape index (κ3) is 5.32. The Morgan fingerprint density at radius 1 is 0.938 bits per heavy atom. The fourth-order valence-electron chi connectivity index (χ4n) is 3.41. The smallest absolute Gasteiger partial charge is 0.329 e. The number of benzene rings is 3. The second-order valence-electron chi connectivity index (χ2n) is 7.46. The van der Waals surface area contributed by atoms with E-state index in [2.05, 4.69) is 50.5 Å². The topological polar surface area (TPSA) is 58.6 Å². The number of ether oxygens (including phenoxy) is 1. The van der Waals surface area contributed by atoms with Crippen LogP contribution in [0.25, 0.3) is 6.08 Å². The molecule has 0 atom stereocenters. The summed E-state index contributed by atoms with van der Waals surface area (Å²) in [5, 5.41) is 2.70. The Morgan fingerprint density at radius 2 is 1.62 bits per heavy atom. The lowest BCUT2D eigenvalue weighted by atomic mass is 10.1. The van der Waals surface area contributed by atoms with Crippen LogP contribution in [0, 0.1) is 14.1 Å². The second-order valence-corrected chi connectivity index (χ2v) is 9.78. The van der Waals surface area contributed by atoms with Crippen LogP contribution in [0.4, 0.5) is 4.79 Å². The molecule has 4 rings (SSSR count). The van der Waals surface area contributed by atoms with Gasteiger partial charge in [0.15, 0.2) is 0 Å². The van der Waals surface area contributed by atoms with E-state index in [9.17, 15) is 9.59 Å². The van der Waals surface area contributed by atoms with E-state index in [4.69, 9.17) is 4.74 Å². The van der Waals surface area contributed by atoms with Crippen molar-refractivity contribution in [3.63, 3.8) is 0 Å². The minimum atomic E-state index is -0.407. The van der Waals surface area contributed by atoms with E-state index in [1.54, 1.807) is 6.08 Å². The number of imide groups is 1. The molecule has 1 saturated heterocycles. The van der Waals surface area contributed by atoms with Crippen LogP contribution >= 0.6 is 45.2 Å². The van der Waals surface area contributed by atoms with E-state index in [0.717, 1.165) is 35.1 Å². The first-order chi connectivity index (χ1) is 15.4. The average molecular weight is 650 g/mol. The molecular formula is C25H20I2N2O3. The number of aryl methyl sites for hydroxylation is 1. The van der Waals surface area contributed by atoms with Crippen LogP contribution in [-0.4, -0.2) is 16.8 Å². The van der Waals surface area contributed by atoms with Crippen molar-refractivity contribution in [1.82, 2.24) is 10.2 Å². The van der Waals surface area contributed by atoms with Crippen LogP contribution in [0.2, 0.25) is 0 Å². The fourth-order valence-corrected chi connectivity index (χ4v) is 5.53. The summed E-state index contributed by atoms with van der Waals surface area (Å²) < 4.78 is 7.90. The van der Waals surface area contributed by atoms with Gasteiger partial charge in [-0.05, 0) is 87.0 Å². The third-order valence-corrected chi connectivity index (χ3v) is 6.55. The predicted octanol–water partition coefficient (Wildman–Crippen LogP) is 5.88. The summed E-state index contributed by atoms with van der Waals surface area (Å²) >= 11 is 4.46. The Bertz CT molecular complexity index is 1190. The van der Waals surface area contributed by atoms with Crippen LogP contribution in [0.5, 0.6) is 5.75 Å². The van der Waals surface area contributed by atoms with Gasteiger partial charge in [-0.15, -0.1) is 0 Å². The number of amides is 3. The summed E-state index contributed by atoms with van der Waals surface area (Å²) in [6.07, 6.45) is 1.71. The van der Waals surface area contributed by atoms with E-state index in [0.29, 0.717) is 6.61 Å². The maximum absolute atomic E-state index is 12.9. The van der Waals surface area contributed by atoms with Gasteiger partial charge in [0.05, 0.1) is 13.7 Å². The highest BCUT2D eigenvalue weighted by molar-refractivity contribution is 14.1. The number of nitrogens with one attached hydrogen (secondary N) is 1. The molecular weight excluding hydrogens is 630 g/mol. The Hall–Kier alpha value is -2.40. The number of urea groups is 1. The standard InChI is InChI=1S/C25H20I2N2O3/c1-16-6-5-9-18(10-16)14-29-24(30)22(28-25(29)31)13-19-11-20(26)23(21(27)12-19)32-15-17-7-3-2-4-8-17/h2-13H,14-15H2,1H3,(H,28,31)/b22-13+. The molecule has 5 nitrogen and oxygen atoms in total. The van der Waals surface area contributed by atoms with Gasteiger partial charge in [0, 0.05) is 0 Å². The zero-order valence-electron chi connectivity index (χ0n) is 17.3. The number of carbonyl (C=O) groups excluding carboxylic acids is 2. The lowest BCUT2D eigenvalue weighted by Crippen LogP contribution is -2.30. The maximum atomic E-state index is 12.9. The Morgan fingerprint density at radius 3 is 2.31 bits per heavy atom. The molecule has 7 heteroatoms. The molecule has 32 heavy (non-hydrogen) atoms. The van der Waals surface area contributed by atoms with Gasteiger partial charge in [-0.3, -0.25) is 9.69 Å². The zero-order valence-corrected chi connectivity index (χ0v) is 21.6. The third-order valence-electron chi connectivity index (χ3n) is 4.94. The quantitative estimate of drug-likeness (QED) is 0.206. The highest BCUT2D eigenvalue weighted by atomic mass is 127. The van der Waals surface area contributed by atoms with Crippen LogP contribution in [0.3, 0.4) is 0 Å². The minimum absolute atomic E-state index is 0.241. The van der Waals surface area contributed by atoms with Gasteiger partial charge in [-0.25, -0.2) is 4.79 Å². The van der Waals surface area contributed by atoms with Crippen molar-refractivity contribution in [2.24, 2.45) is 0 Å². The van der Waals surface area contributed by atoms with Gasteiger partial charge >= 0.3 is 6.03 Å². The molecule has 0 radical (unpaired) electrons. The molecule has 3 aromatic carbocycles. The van der Waals surface area contributed by atoms with Crippen molar-refractivity contribution in [2.45, 2.75) is 20.1 Å². The van der Waals surface area contributed by atoms with Crippen molar-refractivity contribution in [1.29, 1.82) is 0 Å². The van der Waals surface area contributed by atoms with Crippen LogP contribution < -0.4 is 10.1 Å². The van der Waals surface area contributed by atoms with Gasteiger partial charge in [-0.2, -0.15) is 0 Å². The van der Waals surface area contributed by atoms with Gasteiger partial charge in [0.25, 0.3) is 5.91 Å². The maximum Gasteiger partial charge on any atom is 0.329 e. The SMILES string of the molecule is Cc1cccc(CN2C(=O)N/C(=C/c3cc(I)c(OCc4ccccc4)c(I)c3)C2=O)c1. The summed E-state index contributed by atoms with van der Waals surface area (Å²) in [4.78, 5) is 26.5. The average Bonchev–Trinajstić information content (AvgIpc) is 3.01. The van der Waals surface area contributed by atoms with E-state index in [1.165, 1.54) is 4.90 Å². The number of rotatable bonds is 6. The first-order valence-electron chi connectivity index (χ1n) is 9.96. The van der Waals surface area contributed by atoms with Crippen molar-refractivity contribution in [2.75, 3.05) is 0 Å². The Labute approximate surface area is 214 Å². The number of hydrogen-bond acceptors (Lipinski definition) is 3. The van der Waals surface area contributed by atoms with E-state index in [1.807, 2.05) is 73.7 Å². The molecule has 162 valence electrons. The number of carbonyl (C=O) groups is 2. The molecule has 1 aliphatic heterocycles. The number of hydrogen-bond donors (Lipinski definition) is 1. The second kappa shape index (κ2) is 10.0. The normalized spacial score (nSPS) is 14.7. The lowest BCUT2D eigenvalue weighted by molar-refractivity contribution is -0.123. The van der Waals surface area contributed by atoms with E-state index < -0.39 is 6.03 Å². The monoisotopic (exact) mass is 650 g/mol. The minimum Gasteiger partial charge on any atom is -0.487 e. The zero-order chi connectivity index (χ0) is 22.7. The molecule has 1 fully saturated rings. The molecule has 0 saturated carbocycles. The molecule has 0 aromatic heterocycles. The molecule has 0 aliphatic carbocycles. The highest BCUT2D eigenvalue weighted by Gasteiger charge is 2.33. The van der Waals surface area contributed by atoms with Gasteiger partial charge in [-0.1, -0.05) is 60.2 Å². The lowest BCUT2D eigenvalue weighted by Gasteiger charge is -2.12. The van der Waals surface area contributed by atoms with Gasteiger partial charge < -0.3 is 10.1 Å². The van der Waals surface area contributed by atoms with Gasteiger partial charge in [0.2, 0.25) is 0 Å².